The van der Waals surface area contributed by atoms with Crippen molar-refractivity contribution >= 4 is 23.4 Å². The predicted octanol–water partition coefficient (Wildman–Crippen LogP) is 3.88. The summed E-state index contributed by atoms with van der Waals surface area (Å²) in [5, 5.41) is 12.4. The number of nitrogens with zero attached hydrogens (tertiary/aromatic N) is 4. The SMILES string of the molecule is CCCn1c(SCCC(=O)Nc2ccc(OC)cc2)nnc1-c1ccncc1. The molecule has 1 aromatic carbocycles. The van der Waals surface area contributed by atoms with Crippen molar-refractivity contribution in [1.29, 1.82) is 0 Å². The molecule has 0 spiro atoms. The van der Waals surface area contributed by atoms with Crippen LogP contribution in [0.15, 0.2) is 53.9 Å². The van der Waals surface area contributed by atoms with E-state index in [1.807, 2.05) is 36.4 Å². The maximum absolute atomic E-state index is 12.2. The number of methoxy groups -OCH3 is 1. The lowest BCUT2D eigenvalue weighted by atomic mass is 10.2. The van der Waals surface area contributed by atoms with Gasteiger partial charge in [-0.15, -0.1) is 10.2 Å². The molecule has 0 aliphatic heterocycles. The number of carbonyl (C=O) groups excluding carboxylic acids is 1. The molecule has 0 radical (unpaired) electrons. The van der Waals surface area contributed by atoms with E-state index in [4.69, 9.17) is 4.74 Å². The molecule has 1 N–H and O–H groups in total. The van der Waals surface area contributed by atoms with Crippen molar-refractivity contribution in [2.75, 3.05) is 18.2 Å². The molecular formula is C20H23N5O2S. The zero-order chi connectivity index (χ0) is 19.8. The Morgan fingerprint density at radius 1 is 1.14 bits per heavy atom. The summed E-state index contributed by atoms with van der Waals surface area (Å²) in [6.45, 7) is 2.94. The van der Waals surface area contributed by atoms with Gasteiger partial charge in [-0.3, -0.25) is 9.78 Å². The average molecular weight is 398 g/mol. The van der Waals surface area contributed by atoms with Gasteiger partial charge in [0, 0.05) is 42.4 Å². The van der Waals surface area contributed by atoms with E-state index >= 15 is 0 Å². The number of nitrogens with one attached hydrogen (secondary N) is 1. The second kappa shape index (κ2) is 9.89. The van der Waals surface area contributed by atoms with Crippen LogP contribution in [0.3, 0.4) is 0 Å². The van der Waals surface area contributed by atoms with E-state index in [9.17, 15) is 4.79 Å². The quantitative estimate of drug-likeness (QED) is 0.552. The summed E-state index contributed by atoms with van der Waals surface area (Å²) in [4.78, 5) is 16.2. The van der Waals surface area contributed by atoms with Crippen molar-refractivity contribution < 1.29 is 9.53 Å². The normalized spacial score (nSPS) is 10.6. The van der Waals surface area contributed by atoms with Gasteiger partial charge in [0.05, 0.1) is 7.11 Å². The van der Waals surface area contributed by atoms with Crippen LogP contribution in [0.1, 0.15) is 19.8 Å². The summed E-state index contributed by atoms with van der Waals surface area (Å²) in [6.07, 6.45) is 4.86. The van der Waals surface area contributed by atoms with Gasteiger partial charge in [0.15, 0.2) is 11.0 Å². The standard InChI is InChI=1S/C20H23N5O2S/c1-3-13-25-19(15-8-11-21-12-9-15)23-24-20(25)28-14-10-18(26)22-16-4-6-17(27-2)7-5-16/h4-9,11-12H,3,10,13-14H2,1-2H3,(H,22,26). The van der Waals surface area contributed by atoms with Crippen molar-refractivity contribution in [2.24, 2.45) is 0 Å². The number of amides is 1. The van der Waals surface area contributed by atoms with E-state index in [1.54, 1.807) is 31.3 Å². The van der Waals surface area contributed by atoms with E-state index in [0.717, 1.165) is 40.9 Å². The van der Waals surface area contributed by atoms with E-state index in [1.165, 1.54) is 0 Å². The smallest absolute Gasteiger partial charge is 0.225 e. The molecule has 0 saturated carbocycles. The molecule has 7 nitrogen and oxygen atoms in total. The molecule has 8 heteroatoms. The van der Waals surface area contributed by atoms with Gasteiger partial charge in [0.25, 0.3) is 0 Å². The van der Waals surface area contributed by atoms with Crippen LogP contribution in [0.4, 0.5) is 5.69 Å². The topological polar surface area (TPSA) is 81.9 Å². The molecule has 2 heterocycles. The van der Waals surface area contributed by atoms with Gasteiger partial charge in [-0.25, -0.2) is 0 Å². The zero-order valence-corrected chi connectivity index (χ0v) is 16.8. The maximum Gasteiger partial charge on any atom is 0.225 e. The van der Waals surface area contributed by atoms with Crippen molar-refractivity contribution in [3.05, 3.63) is 48.8 Å². The minimum absolute atomic E-state index is 0.0337. The molecule has 0 aliphatic carbocycles. The highest BCUT2D eigenvalue weighted by Gasteiger charge is 2.14. The lowest BCUT2D eigenvalue weighted by Crippen LogP contribution is -2.12. The number of hydrogen-bond donors (Lipinski definition) is 1. The summed E-state index contributed by atoms with van der Waals surface area (Å²) in [6, 6.07) is 11.1. The number of pyridine rings is 1. The summed E-state index contributed by atoms with van der Waals surface area (Å²) >= 11 is 1.54. The molecule has 0 fully saturated rings. The minimum atomic E-state index is -0.0337. The van der Waals surface area contributed by atoms with Crippen LogP contribution < -0.4 is 10.1 Å². The van der Waals surface area contributed by atoms with Crippen LogP contribution in [-0.4, -0.2) is 38.5 Å². The largest absolute Gasteiger partial charge is 0.497 e. The van der Waals surface area contributed by atoms with Crippen LogP contribution in [0, 0.1) is 0 Å². The summed E-state index contributed by atoms with van der Waals surface area (Å²) < 4.78 is 7.22. The van der Waals surface area contributed by atoms with Gasteiger partial charge in [-0.2, -0.15) is 0 Å². The minimum Gasteiger partial charge on any atom is -0.497 e. The third-order valence-corrected chi connectivity index (χ3v) is 5.01. The molecule has 2 aromatic heterocycles. The van der Waals surface area contributed by atoms with Crippen LogP contribution >= 0.6 is 11.8 Å². The highest BCUT2D eigenvalue weighted by molar-refractivity contribution is 7.99. The molecule has 146 valence electrons. The van der Waals surface area contributed by atoms with E-state index in [2.05, 4.69) is 32.0 Å². The molecule has 0 saturated heterocycles. The highest BCUT2D eigenvalue weighted by atomic mass is 32.2. The second-order valence-electron chi connectivity index (χ2n) is 6.07. The molecule has 0 unspecified atom stereocenters. The van der Waals surface area contributed by atoms with E-state index in [0.29, 0.717) is 12.2 Å². The van der Waals surface area contributed by atoms with Crippen molar-refractivity contribution in [2.45, 2.75) is 31.5 Å². The van der Waals surface area contributed by atoms with E-state index < -0.39 is 0 Å². The van der Waals surface area contributed by atoms with Gasteiger partial charge in [-0.05, 0) is 42.8 Å². The fourth-order valence-corrected chi connectivity index (χ4v) is 3.57. The van der Waals surface area contributed by atoms with Crippen LogP contribution in [-0.2, 0) is 11.3 Å². The third-order valence-electron chi connectivity index (χ3n) is 4.04. The lowest BCUT2D eigenvalue weighted by Gasteiger charge is -2.09. The van der Waals surface area contributed by atoms with Crippen LogP contribution in [0.25, 0.3) is 11.4 Å². The van der Waals surface area contributed by atoms with Crippen LogP contribution in [0.2, 0.25) is 0 Å². The number of aromatic nitrogens is 4. The predicted molar refractivity (Wildman–Crippen MR) is 111 cm³/mol. The number of benzene rings is 1. The Bertz CT molecular complexity index is 897. The second-order valence-corrected chi connectivity index (χ2v) is 7.13. The first-order valence-electron chi connectivity index (χ1n) is 9.11. The Kier molecular flexibility index (Phi) is 7.02. The Balaban J connectivity index is 1.58. The number of anilines is 1. The van der Waals surface area contributed by atoms with Crippen molar-refractivity contribution in [3.63, 3.8) is 0 Å². The monoisotopic (exact) mass is 397 g/mol. The summed E-state index contributed by atoms with van der Waals surface area (Å²) in [7, 11) is 1.61. The molecule has 0 atom stereocenters. The van der Waals surface area contributed by atoms with Gasteiger partial charge in [-0.1, -0.05) is 18.7 Å². The molecule has 3 rings (SSSR count). The van der Waals surface area contributed by atoms with E-state index in [-0.39, 0.29) is 5.91 Å². The van der Waals surface area contributed by atoms with Crippen molar-refractivity contribution in [1.82, 2.24) is 19.7 Å². The van der Waals surface area contributed by atoms with Gasteiger partial charge < -0.3 is 14.6 Å². The fourth-order valence-electron chi connectivity index (χ4n) is 2.67. The average Bonchev–Trinajstić information content (AvgIpc) is 3.12. The van der Waals surface area contributed by atoms with Gasteiger partial charge >= 0.3 is 0 Å². The Hall–Kier alpha value is -2.87. The number of ether oxygens (including phenoxy) is 1. The molecular weight excluding hydrogens is 374 g/mol. The number of carbonyl (C=O) groups is 1. The lowest BCUT2D eigenvalue weighted by molar-refractivity contribution is -0.115. The fraction of sp³-hybridized carbons (Fsp3) is 0.300. The Morgan fingerprint density at radius 3 is 2.57 bits per heavy atom. The number of hydrogen-bond acceptors (Lipinski definition) is 6. The molecule has 28 heavy (non-hydrogen) atoms. The third kappa shape index (κ3) is 5.10. The molecule has 3 aromatic rings. The Morgan fingerprint density at radius 2 is 1.89 bits per heavy atom. The molecule has 0 bridgehead atoms. The first-order chi connectivity index (χ1) is 13.7. The van der Waals surface area contributed by atoms with Gasteiger partial charge in [0.2, 0.25) is 5.91 Å². The Labute approximate surface area is 168 Å². The van der Waals surface area contributed by atoms with Crippen molar-refractivity contribution in [3.8, 4) is 17.1 Å². The molecule has 1 amide bonds. The first kappa shape index (κ1) is 19.9. The zero-order valence-electron chi connectivity index (χ0n) is 16.0. The number of rotatable bonds is 9. The maximum atomic E-state index is 12.2. The highest BCUT2D eigenvalue weighted by Crippen LogP contribution is 2.24. The number of thioether (sulfide) groups is 1. The van der Waals surface area contributed by atoms with Crippen LogP contribution in [0.5, 0.6) is 5.75 Å². The first-order valence-corrected chi connectivity index (χ1v) is 10.1. The summed E-state index contributed by atoms with van der Waals surface area (Å²) in [5.74, 6) is 2.18. The molecule has 0 aliphatic rings. The summed E-state index contributed by atoms with van der Waals surface area (Å²) in [5.41, 5.74) is 1.74. The van der Waals surface area contributed by atoms with Gasteiger partial charge in [0.1, 0.15) is 5.75 Å².